The highest BCUT2D eigenvalue weighted by molar-refractivity contribution is 5.86. The molecule has 4 atom stereocenters. The van der Waals surface area contributed by atoms with Gasteiger partial charge in [-0.1, -0.05) is 12.2 Å². The van der Waals surface area contributed by atoms with Gasteiger partial charge < -0.3 is 26.2 Å². The first-order chi connectivity index (χ1) is 14.9. The first-order valence-electron chi connectivity index (χ1n) is 10.2. The number of nitrogen functional groups attached to an aromatic ring is 2. The number of halogens is 1. The third-order valence-corrected chi connectivity index (χ3v) is 6.18. The Morgan fingerprint density at radius 3 is 2.81 bits per heavy atom. The second-order valence-electron chi connectivity index (χ2n) is 8.13. The number of hydrogen-bond acceptors (Lipinski definition) is 7. The van der Waals surface area contributed by atoms with E-state index in [0.29, 0.717) is 46.1 Å². The minimum atomic E-state index is -1.01. The molecule has 31 heavy (non-hydrogen) atoms. The molecule has 0 saturated carbocycles. The largest absolute Gasteiger partial charge is 0.388 e. The van der Waals surface area contributed by atoms with Gasteiger partial charge in [0.25, 0.3) is 0 Å². The maximum Gasteiger partial charge on any atom is 0.146 e. The first-order valence-corrected chi connectivity index (χ1v) is 10.2. The molecule has 0 bridgehead atoms. The van der Waals surface area contributed by atoms with Gasteiger partial charge in [0.15, 0.2) is 0 Å². The number of aliphatic hydroxyl groups excluding tert-OH is 2. The summed E-state index contributed by atoms with van der Waals surface area (Å²) in [5.41, 5.74) is 13.0. The standard InChI is InChI=1S/C22H23FN6O2/c23-15-7-11(8-16-13(15)3-4-18(24)28-16)1-2-12-9-17(20(31)19(12)30)29-6-5-14-21(25)26-10-27-22(14)29/h3-6,8-11,17,19-20,30-31H,1-2,7H2,(H2,24,28)(H2,25,26,27)/t11?,17-,19-,20+/m1/s1. The molecule has 0 amide bonds. The summed E-state index contributed by atoms with van der Waals surface area (Å²) in [4.78, 5) is 12.5. The molecule has 1 unspecified atom stereocenters. The zero-order valence-corrected chi connectivity index (χ0v) is 16.7. The van der Waals surface area contributed by atoms with Crippen LogP contribution in [0.1, 0.15) is 25.3 Å². The van der Waals surface area contributed by atoms with Gasteiger partial charge in [-0.3, -0.25) is 0 Å². The molecule has 8 nitrogen and oxygen atoms in total. The fourth-order valence-electron chi connectivity index (χ4n) is 4.54. The van der Waals surface area contributed by atoms with E-state index in [-0.39, 0.29) is 18.2 Å². The Balaban J connectivity index is 1.38. The van der Waals surface area contributed by atoms with Crippen molar-refractivity contribution in [2.45, 2.75) is 37.5 Å². The van der Waals surface area contributed by atoms with E-state index in [9.17, 15) is 14.6 Å². The molecule has 5 rings (SSSR count). The maximum absolute atomic E-state index is 14.5. The summed E-state index contributed by atoms with van der Waals surface area (Å²) >= 11 is 0. The van der Waals surface area contributed by atoms with Crippen LogP contribution in [0.3, 0.4) is 0 Å². The monoisotopic (exact) mass is 422 g/mol. The zero-order valence-electron chi connectivity index (χ0n) is 16.7. The van der Waals surface area contributed by atoms with Crippen molar-refractivity contribution >= 4 is 34.6 Å². The predicted octanol–water partition coefficient (Wildman–Crippen LogP) is 0.552. The molecule has 0 fully saturated rings. The van der Waals surface area contributed by atoms with Crippen molar-refractivity contribution in [3.8, 4) is 0 Å². The summed E-state index contributed by atoms with van der Waals surface area (Å²) in [6.45, 7) is 0. The number of hydrogen-bond donors (Lipinski definition) is 4. The number of nitrogens with two attached hydrogens (primary N) is 2. The summed E-state index contributed by atoms with van der Waals surface area (Å²) in [7, 11) is 0. The van der Waals surface area contributed by atoms with Crippen molar-refractivity contribution in [3.63, 3.8) is 0 Å². The van der Waals surface area contributed by atoms with E-state index >= 15 is 0 Å². The van der Waals surface area contributed by atoms with Crippen LogP contribution < -0.4 is 22.0 Å². The Bertz CT molecular complexity index is 1320. The third-order valence-electron chi connectivity index (χ3n) is 6.18. The Morgan fingerprint density at radius 2 is 1.97 bits per heavy atom. The van der Waals surface area contributed by atoms with Crippen molar-refractivity contribution in [2.75, 3.05) is 11.5 Å². The van der Waals surface area contributed by atoms with Crippen molar-refractivity contribution in [1.82, 2.24) is 19.5 Å². The molecular formula is C22H23FN6O2. The lowest BCUT2D eigenvalue weighted by Crippen LogP contribution is -2.34. The molecule has 3 heterocycles. The van der Waals surface area contributed by atoms with Gasteiger partial charge in [0.1, 0.15) is 41.6 Å². The molecule has 0 spiro atoms. The van der Waals surface area contributed by atoms with Gasteiger partial charge >= 0.3 is 0 Å². The van der Waals surface area contributed by atoms with Gasteiger partial charge in [0.2, 0.25) is 0 Å². The van der Waals surface area contributed by atoms with Crippen LogP contribution in [0.15, 0.2) is 42.4 Å². The second-order valence-corrected chi connectivity index (χ2v) is 8.13. The van der Waals surface area contributed by atoms with E-state index in [4.69, 9.17) is 11.5 Å². The van der Waals surface area contributed by atoms with Crippen LogP contribution in [0.5, 0.6) is 0 Å². The van der Waals surface area contributed by atoms with Crippen LogP contribution in [0.25, 0.3) is 22.9 Å². The van der Waals surface area contributed by atoms with Crippen LogP contribution in [0, 0.1) is 5.92 Å². The summed E-state index contributed by atoms with van der Waals surface area (Å²) in [5.74, 6) is 0.448. The number of anilines is 2. The van der Waals surface area contributed by atoms with Gasteiger partial charge in [-0.15, -0.1) is 0 Å². The number of aromatic nitrogens is 4. The lowest BCUT2D eigenvalue weighted by atomic mass is 9.91. The molecule has 0 saturated heterocycles. The maximum atomic E-state index is 14.5. The van der Waals surface area contributed by atoms with Crippen molar-refractivity contribution in [2.24, 2.45) is 5.92 Å². The topological polar surface area (TPSA) is 136 Å². The molecule has 3 aromatic heterocycles. The number of rotatable bonds is 4. The zero-order chi connectivity index (χ0) is 21.7. The molecule has 160 valence electrons. The highest BCUT2D eigenvalue weighted by Crippen LogP contribution is 2.35. The Labute approximate surface area is 177 Å². The van der Waals surface area contributed by atoms with Crippen LogP contribution in [0.4, 0.5) is 16.0 Å². The normalized spacial score (nSPS) is 25.4. The molecular weight excluding hydrogens is 399 g/mol. The van der Waals surface area contributed by atoms with E-state index in [1.165, 1.54) is 6.33 Å². The van der Waals surface area contributed by atoms with Crippen molar-refractivity contribution < 1.29 is 14.6 Å². The highest BCUT2D eigenvalue weighted by atomic mass is 19.1. The minimum Gasteiger partial charge on any atom is -0.388 e. The van der Waals surface area contributed by atoms with Crippen LogP contribution in [0.2, 0.25) is 0 Å². The molecule has 0 radical (unpaired) electrons. The van der Waals surface area contributed by atoms with Gasteiger partial charge in [0, 0.05) is 17.8 Å². The first kappa shape index (κ1) is 19.7. The van der Waals surface area contributed by atoms with Gasteiger partial charge in [-0.2, -0.15) is 0 Å². The lowest BCUT2D eigenvalue weighted by molar-refractivity contribution is 0.0314. The summed E-state index contributed by atoms with van der Waals surface area (Å²) in [5, 5.41) is 23.0. The Kier molecular flexibility index (Phi) is 4.71. The molecule has 9 heteroatoms. The number of nitrogens with zero attached hydrogens (tertiary/aromatic N) is 4. The SMILES string of the molecule is Nc1ccc2c(n1)=CC(CCC1=C[C@@H](n3ccc4c(N)ncnc43)[C@H](O)[C@@H]1O)CC=2F. The van der Waals surface area contributed by atoms with Crippen molar-refractivity contribution in [3.05, 3.63) is 52.9 Å². The molecule has 3 aromatic rings. The molecule has 2 aliphatic rings. The molecule has 0 aliphatic heterocycles. The number of fused-ring (bicyclic) bond motifs is 2. The Morgan fingerprint density at radius 1 is 1.13 bits per heavy atom. The molecule has 0 aromatic carbocycles. The van der Waals surface area contributed by atoms with Crippen LogP contribution in [-0.4, -0.2) is 41.9 Å². The Hall–Kier alpha value is -3.30. The fraction of sp³-hybridized carbons (Fsp3) is 0.318. The fourth-order valence-corrected chi connectivity index (χ4v) is 4.54. The van der Waals surface area contributed by atoms with Crippen LogP contribution >= 0.6 is 0 Å². The summed E-state index contributed by atoms with van der Waals surface area (Å²) < 4.78 is 16.3. The van der Waals surface area contributed by atoms with Crippen LogP contribution in [-0.2, 0) is 0 Å². The molecule has 2 aliphatic carbocycles. The highest BCUT2D eigenvalue weighted by Gasteiger charge is 2.36. The van der Waals surface area contributed by atoms with Gasteiger partial charge in [-0.25, -0.2) is 19.3 Å². The second kappa shape index (κ2) is 7.44. The minimum absolute atomic E-state index is 0.0639. The smallest absolute Gasteiger partial charge is 0.146 e. The average Bonchev–Trinajstić information content (AvgIpc) is 3.29. The quantitative estimate of drug-likeness (QED) is 0.451. The summed E-state index contributed by atoms with van der Waals surface area (Å²) in [6, 6.07) is 4.57. The van der Waals surface area contributed by atoms with E-state index in [1.807, 2.05) is 12.2 Å². The van der Waals surface area contributed by atoms with Gasteiger partial charge in [0.05, 0.1) is 16.8 Å². The number of aliphatic hydroxyl groups is 2. The predicted molar refractivity (Wildman–Crippen MR) is 115 cm³/mol. The van der Waals surface area contributed by atoms with E-state index in [1.54, 1.807) is 29.0 Å². The third kappa shape index (κ3) is 3.35. The lowest BCUT2D eigenvalue weighted by Gasteiger charge is -2.20. The summed E-state index contributed by atoms with van der Waals surface area (Å²) in [6.07, 6.45) is 6.37. The van der Waals surface area contributed by atoms with Gasteiger partial charge in [-0.05, 0) is 42.5 Å². The molecule has 6 N–H and O–H groups in total. The number of pyridine rings is 1. The van der Waals surface area contributed by atoms with Crippen molar-refractivity contribution in [1.29, 1.82) is 0 Å². The van der Waals surface area contributed by atoms with E-state index in [2.05, 4.69) is 15.0 Å². The van der Waals surface area contributed by atoms with E-state index in [0.717, 1.165) is 5.57 Å². The van der Waals surface area contributed by atoms with E-state index < -0.39 is 18.2 Å². The average molecular weight is 422 g/mol.